The summed E-state index contributed by atoms with van der Waals surface area (Å²) >= 11 is 3.34. The van der Waals surface area contributed by atoms with Crippen LogP contribution in [0.4, 0.5) is 0 Å². The lowest BCUT2D eigenvalue weighted by Crippen LogP contribution is -2.10. The van der Waals surface area contributed by atoms with Crippen molar-refractivity contribution in [3.8, 4) is 0 Å². The summed E-state index contributed by atoms with van der Waals surface area (Å²) in [5.41, 5.74) is 1.52. The number of halogens is 2. The van der Waals surface area contributed by atoms with Crippen LogP contribution >= 0.6 is 32.9 Å². The summed E-state index contributed by atoms with van der Waals surface area (Å²) in [6, 6.07) is 4.10. The van der Waals surface area contributed by atoms with Gasteiger partial charge in [0.2, 0.25) is 0 Å². The van der Waals surface area contributed by atoms with Crippen molar-refractivity contribution in [2.75, 3.05) is 0 Å². The lowest BCUT2D eigenvalue weighted by Gasteiger charge is -2.18. The van der Waals surface area contributed by atoms with Crippen molar-refractivity contribution < 1.29 is 0 Å². The zero-order chi connectivity index (χ0) is 8.48. The van der Waals surface area contributed by atoms with Crippen LogP contribution in [0, 0.1) is 0 Å². The quantitative estimate of drug-likeness (QED) is 0.665. The van der Waals surface area contributed by atoms with Gasteiger partial charge in [-0.3, -0.25) is 0 Å². The fourth-order valence-electron chi connectivity index (χ4n) is 0.869. The Morgan fingerprint density at radius 3 is 2.25 bits per heavy atom. The first-order valence-electron chi connectivity index (χ1n) is 3.62. The van der Waals surface area contributed by atoms with Crippen LogP contribution in [0.5, 0.6) is 0 Å². The molecule has 1 aromatic rings. The molecule has 0 amide bonds. The molecule has 0 atom stereocenters. The Balaban J connectivity index is 0.00000121. The van der Waals surface area contributed by atoms with E-state index in [1.165, 1.54) is 5.56 Å². The van der Waals surface area contributed by atoms with E-state index in [4.69, 9.17) is 0 Å². The Labute approximate surface area is 92.5 Å². The van der Waals surface area contributed by atoms with Crippen molar-refractivity contribution in [2.24, 2.45) is 0 Å². The Morgan fingerprint density at radius 2 is 1.92 bits per heavy atom. The summed E-state index contributed by atoms with van der Waals surface area (Å²) < 4.78 is 0.907. The van der Waals surface area contributed by atoms with Gasteiger partial charge in [0.25, 0.3) is 0 Å². The zero-order valence-corrected chi connectivity index (χ0v) is 10.8. The smallest absolute Gasteiger partial charge is 0.106 e. The minimum Gasteiger partial charge on any atom is -0.249 e. The Kier molecular flexibility index (Phi) is 4.42. The second-order valence-electron chi connectivity index (χ2n) is 3.62. The first-order valence-corrected chi connectivity index (χ1v) is 4.41. The van der Waals surface area contributed by atoms with E-state index in [-0.39, 0.29) is 22.4 Å². The van der Waals surface area contributed by atoms with E-state index in [9.17, 15) is 0 Å². The summed E-state index contributed by atoms with van der Waals surface area (Å²) in [5, 5.41) is 0. The number of hydrogen-bond donors (Lipinski definition) is 0. The van der Waals surface area contributed by atoms with E-state index < -0.39 is 0 Å². The fraction of sp³-hybridized carbons (Fsp3) is 0.444. The van der Waals surface area contributed by atoms with Crippen LogP contribution in [0.25, 0.3) is 0 Å². The molecule has 68 valence electrons. The largest absolute Gasteiger partial charge is 0.249 e. The topological polar surface area (TPSA) is 12.9 Å². The molecule has 0 N–H and O–H groups in total. The van der Waals surface area contributed by atoms with Crippen LogP contribution < -0.4 is 0 Å². The van der Waals surface area contributed by atoms with Gasteiger partial charge in [-0.2, -0.15) is 0 Å². The molecule has 0 spiro atoms. The minimum absolute atomic E-state index is 0. The molecule has 0 unspecified atom stereocenters. The molecule has 3 heteroatoms. The maximum atomic E-state index is 4.07. The molecule has 12 heavy (non-hydrogen) atoms. The molecule has 1 heterocycles. The lowest BCUT2D eigenvalue weighted by molar-refractivity contribution is 0.588. The standard InChI is InChI=1S/C9H12BrN.BrH/c1-9(2,3)7-4-5-11-8(10)6-7;/h4-6H,1-3H3;1H. The molecule has 1 rings (SSSR count). The van der Waals surface area contributed by atoms with Gasteiger partial charge in [0.1, 0.15) is 4.60 Å². The summed E-state index contributed by atoms with van der Waals surface area (Å²) in [6.45, 7) is 6.57. The first-order chi connectivity index (χ1) is 5.00. The van der Waals surface area contributed by atoms with Gasteiger partial charge in [0, 0.05) is 6.20 Å². The maximum absolute atomic E-state index is 4.07. The highest BCUT2D eigenvalue weighted by Crippen LogP contribution is 2.23. The van der Waals surface area contributed by atoms with Crippen molar-refractivity contribution >= 4 is 32.9 Å². The van der Waals surface area contributed by atoms with E-state index in [1.54, 1.807) is 0 Å². The molecule has 0 saturated heterocycles. The van der Waals surface area contributed by atoms with Gasteiger partial charge in [0.05, 0.1) is 0 Å². The second kappa shape index (κ2) is 4.38. The zero-order valence-electron chi connectivity index (χ0n) is 7.47. The number of nitrogens with zero attached hydrogens (tertiary/aromatic N) is 1. The Morgan fingerprint density at radius 1 is 1.33 bits per heavy atom. The minimum atomic E-state index is 0. The van der Waals surface area contributed by atoms with E-state index in [1.807, 2.05) is 12.3 Å². The van der Waals surface area contributed by atoms with Crippen LogP contribution in [0.15, 0.2) is 22.9 Å². The van der Waals surface area contributed by atoms with Crippen LogP contribution in [-0.4, -0.2) is 4.98 Å². The molecule has 0 aliphatic carbocycles. The average Bonchev–Trinajstić information content (AvgIpc) is 1.86. The van der Waals surface area contributed by atoms with Crippen molar-refractivity contribution in [2.45, 2.75) is 26.2 Å². The number of rotatable bonds is 0. The van der Waals surface area contributed by atoms with Gasteiger partial charge in [-0.05, 0) is 39.0 Å². The maximum Gasteiger partial charge on any atom is 0.106 e. The normalized spacial score (nSPS) is 10.7. The average molecular weight is 295 g/mol. The molecule has 0 aromatic carbocycles. The molecule has 0 radical (unpaired) electrons. The molecule has 0 bridgehead atoms. The van der Waals surface area contributed by atoms with Gasteiger partial charge >= 0.3 is 0 Å². The van der Waals surface area contributed by atoms with Crippen molar-refractivity contribution in [1.29, 1.82) is 0 Å². The molecule has 0 aliphatic heterocycles. The van der Waals surface area contributed by atoms with Gasteiger partial charge in [-0.15, -0.1) is 17.0 Å². The predicted octanol–water partition coefficient (Wildman–Crippen LogP) is 3.72. The summed E-state index contributed by atoms with van der Waals surface area (Å²) in [7, 11) is 0. The van der Waals surface area contributed by atoms with Gasteiger partial charge < -0.3 is 0 Å². The third kappa shape index (κ3) is 3.23. The Hall–Kier alpha value is 0.110. The van der Waals surface area contributed by atoms with Gasteiger partial charge in [-0.25, -0.2) is 4.98 Å². The van der Waals surface area contributed by atoms with Gasteiger partial charge in [-0.1, -0.05) is 20.8 Å². The second-order valence-corrected chi connectivity index (χ2v) is 4.43. The van der Waals surface area contributed by atoms with E-state index >= 15 is 0 Å². The highest BCUT2D eigenvalue weighted by molar-refractivity contribution is 9.10. The lowest BCUT2D eigenvalue weighted by atomic mass is 9.88. The number of aromatic nitrogens is 1. The molecule has 0 fully saturated rings. The van der Waals surface area contributed by atoms with Crippen LogP contribution in [0.3, 0.4) is 0 Å². The van der Waals surface area contributed by atoms with E-state index in [2.05, 4.69) is 47.8 Å². The third-order valence-electron chi connectivity index (χ3n) is 1.59. The molecular formula is C9H13Br2N. The summed E-state index contributed by atoms with van der Waals surface area (Å²) in [6.07, 6.45) is 1.82. The summed E-state index contributed by atoms with van der Waals surface area (Å²) in [4.78, 5) is 4.07. The fourth-order valence-corrected chi connectivity index (χ4v) is 1.23. The van der Waals surface area contributed by atoms with E-state index in [0.29, 0.717) is 0 Å². The number of hydrogen-bond acceptors (Lipinski definition) is 1. The SMILES string of the molecule is Br.CC(C)(C)c1ccnc(Br)c1. The van der Waals surface area contributed by atoms with Crippen molar-refractivity contribution in [3.05, 3.63) is 28.5 Å². The van der Waals surface area contributed by atoms with Crippen molar-refractivity contribution in [3.63, 3.8) is 0 Å². The Bertz CT molecular complexity index is 253. The highest BCUT2D eigenvalue weighted by atomic mass is 79.9. The van der Waals surface area contributed by atoms with Crippen LogP contribution in [0.1, 0.15) is 26.3 Å². The molecule has 0 aliphatic rings. The monoisotopic (exact) mass is 293 g/mol. The van der Waals surface area contributed by atoms with E-state index in [0.717, 1.165) is 4.60 Å². The van der Waals surface area contributed by atoms with Gasteiger partial charge in [0.15, 0.2) is 0 Å². The molecular weight excluding hydrogens is 282 g/mol. The highest BCUT2D eigenvalue weighted by Gasteiger charge is 2.13. The number of pyridine rings is 1. The molecule has 0 saturated carbocycles. The predicted molar refractivity (Wildman–Crippen MR) is 61.0 cm³/mol. The molecule has 1 aromatic heterocycles. The van der Waals surface area contributed by atoms with Crippen LogP contribution in [-0.2, 0) is 5.41 Å². The first kappa shape index (κ1) is 12.1. The third-order valence-corrected chi connectivity index (χ3v) is 2.03. The van der Waals surface area contributed by atoms with Crippen molar-refractivity contribution in [1.82, 2.24) is 4.98 Å². The van der Waals surface area contributed by atoms with Crippen LogP contribution in [0.2, 0.25) is 0 Å². The molecule has 1 nitrogen and oxygen atoms in total. The summed E-state index contributed by atoms with van der Waals surface area (Å²) in [5.74, 6) is 0.